The summed E-state index contributed by atoms with van der Waals surface area (Å²) >= 11 is 0. The lowest BCUT2D eigenvalue weighted by atomic mass is 9.80. The third kappa shape index (κ3) is 4.09. The number of amides is 2. The molecule has 3 atom stereocenters. The van der Waals surface area contributed by atoms with Crippen molar-refractivity contribution in [2.24, 2.45) is 11.8 Å². The molecule has 0 radical (unpaired) electrons. The zero-order chi connectivity index (χ0) is 19.5. The number of carbonyl (C=O) groups excluding carboxylic acids is 2. The highest BCUT2D eigenvalue weighted by Crippen LogP contribution is 2.36. The molecule has 5 heteroatoms. The van der Waals surface area contributed by atoms with Crippen LogP contribution >= 0.6 is 0 Å². The molecule has 1 aromatic rings. The predicted molar refractivity (Wildman–Crippen MR) is 111 cm³/mol. The zero-order valence-electron chi connectivity index (χ0n) is 17.0. The largest absolute Gasteiger partial charge is 0.342 e. The first-order chi connectivity index (χ1) is 13.6. The van der Waals surface area contributed by atoms with Crippen LogP contribution in [0.4, 0.5) is 5.69 Å². The van der Waals surface area contributed by atoms with E-state index in [-0.39, 0.29) is 30.2 Å². The molecule has 2 aliphatic heterocycles. The summed E-state index contributed by atoms with van der Waals surface area (Å²) in [5, 5.41) is 6.40. The van der Waals surface area contributed by atoms with Gasteiger partial charge in [0.2, 0.25) is 11.8 Å². The van der Waals surface area contributed by atoms with Gasteiger partial charge in [0.15, 0.2) is 0 Å². The summed E-state index contributed by atoms with van der Waals surface area (Å²) in [6.07, 6.45) is 9.10. The molecule has 1 saturated heterocycles. The maximum atomic E-state index is 13.6. The molecule has 1 aromatic carbocycles. The highest BCUT2D eigenvalue weighted by Gasteiger charge is 2.38. The Bertz CT molecular complexity index is 708. The van der Waals surface area contributed by atoms with E-state index in [1.165, 1.54) is 32.1 Å². The number of nitrogens with zero attached hydrogens (tertiary/aromatic N) is 1. The van der Waals surface area contributed by atoms with Gasteiger partial charge >= 0.3 is 0 Å². The second-order valence-electron chi connectivity index (χ2n) is 8.90. The molecule has 4 rings (SSSR count). The van der Waals surface area contributed by atoms with Crippen molar-refractivity contribution < 1.29 is 9.59 Å². The number of hydrogen-bond acceptors (Lipinski definition) is 3. The Morgan fingerprint density at radius 3 is 2.71 bits per heavy atom. The minimum Gasteiger partial charge on any atom is -0.342 e. The molecule has 2 amide bonds. The van der Waals surface area contributed by atoms with Crippen molar-refractivity contribution >= 4 is 17.5 Å². The van der Waals surface area contributed by atoms with Crippen molar-refractivity contribution in [3.05, 3.63) is 29.8 Å². The fourth-order valence-electron chi connectivity index (χ4n) is 5.48. The van der Waals surface area contributed by atoms with Crippen molar-refractivity contribution in [2.75, 3.05) is 25.5 Å². The van der Waals surface area contributed by atoms with Gasteiger partial charge in [-0.25, -0.2) is 0 Å². The molecular weight excluding hydrogens is 350 g/mol. The molecule has 3 aliphatic rings. The van der Waals surface area contributed by atoms with Gasteiger partial charge in [-0.15, -0.1) is 0 Å². The Morgan fingerprint density at radius 1 is 1.18 bits per heavy atom. The molecule has 1 saturated carbocycles. The van der Waals surface area contributed by atoms with Crippen molar-refractivity contribution in [3.63, 3.8) is 0 Å². The first kappa shape index (κ1) is 19.4. The van der Waals surface area contributed by atoms with Gasteiger partial charge in [0.25, 0.3) is 0 Å². The Kier molecular flexibility index (Phi) is 6.00. The predicted octanol–water partition coefficient (Wildman–Crippen LogP) is 3.52. The van der Waals surface area contributed by atoms with Crippen LogP contribution in [0.25, 0.3) is 0 Å². The van der Waals surface area contributed by atoms with Crippen molar-refractivity contribution in [3.8, 4) is 0 Å². The van der Waals surface area contributed by atoms with Gasteiger partial charge in [0.05, 0.1) is 5.92 Å². The van der Waals surface area contributed by atoms with Crippen LogP contribution in [-0.4, -0.2) is 42.9 Å². The van der Waals surface area contributed by atoms with Gasteiger partial charge in [-0.2, -0.15) is 0 Å². The van der Waals surface area contributed by atoms with E-state index in [9.17, 15) is 9.59 Å². The summed E-state index contributed by atoms with van der Waals surface area (Å²) < 4.78 is 0. The van der Waals surface area contributed by atoms with Crippen LogP contribution in [0.1, 0.15) is 62.8 Å². The lowest BCUT2D eigenvalue weighted by Crippen LogP contribution is -2.47. The van der Waals surface area contributed by atoms with Crippen molar-refractivity contribution in [1.29, 1.82) is 0 Å². The van der Waals surface area contributed by atoms with Crippen LogP contribution < -0.4 is 10.6 Å². The highest BCUT2D eigenvalue weighted by molar-refractivity contribution is 6.01. The summed E-state index contributed by atoms with van der Waals surface area (Å²) in [6.45, 7) is 2.04. The Balaban J connectivity index is 1.54. The van der Waals surface area contributed by atoms with Gasteiger partial charge in [-0.05, 0) is 49.4 Å². The molecule has 2 N–H and O–H groups in total. The smallest absolute Gasteiger partial charge is 0.230 e. The molecule has 28 heavy (non-hydrogen) atoms. The molecule has 0 spiro atoms. The lowest BCUT2D eigenvalue weighted by molar-refractivity contribution is -0.137. The number of carbonyl (C=O) groups is 2. The number of hydrogen-bond donors (Lipinski definition) is 2. The van der Waals surface area contributed by atoms with E-state index in [1.54, 1.807) is 0 Å². The van der Waals surface area contributed by atoms with E-state index in [2.05, 4.69) is 10.6 Å². The van der Waals surface area contributed by atoms with Crippen LogP contribution in [0, 0.1) is 11.8 Å². The number of fused-ring (bicyclic) bond motifs is 1. The number of rotatable bonds is 5. The lowest BCUT2D eigenvalue weighted by Gasteiger charge is -2.38. The zero-order valence-corrected chi connectivity index (χ0v) is 17.0. The second-order valence-corrected chi connectivity index (χ2v) is 8.90. The summed E-state index contributed by atoms with van der Waals surface area (Å²) in [4.78, 5) is 27.8. The number of benzene rings is 1. The van der Waals surface area contributed by atoms with E-state index in [1.807, 2.05) is 36.2 Å². The van der Waals surface area contributed by atoms with E-state index >= 15 is 0 Å². The molecule has 2 fully saturated rings. The highest BCUT2D eigenvalue weighted by atomic mass is 16.2. The van der Waals surface area contributed by atoms with Crippen LogP contribution in [0.5, 0.6) is 0 Å². The van der Waals surface area contributed by atoms with Crippen LogP contribution in [0.15, 0.2) is 24.3 Å². The molecule has 2 heterocycles. The Morgan fingerprint density at radius 2 is 1.96 bits per heavy atom. The quantitative estimate of drug-likeness (QED) is 0.818. The third-order valence-electron chi connectivity index (χ3n) is 7.09. The number of para-hydroxylation sites is 1. The van der Waals surface area contributed by atoms with E-state index < -0.39 is 0 Å². The standard InChI is InChI=1S/C23H33N3O2/c1-26(21(17-11-12-24-15-17)13-16-7-3-2-4-8-16)23(28)19-14-22(27)25-20-10-6-5-9-18(19)20/h5-6,9-10,16-17,19,21,24H,2-4,7-8,11-15H2,1H3,(H,25,27)/t17-,19-,21?/m0/s1. The number of anilines is 1. The second kappa shape index (κ2) is 8.64. The normalized spacial score (nSPS) is 26.4. The summed E-state index contributed by atoms with van der Waals surface area (Å²) in [5.74, 6) is 0.935. The molecule has 1 unspecified atom stereocenters. The first-order valence-electron chi connectivity index (χ1n) is 11.0. The van der Waals surface area contributed by atoms with Crippen molar-refractivity contribution in [2.45, 2.75) is 63.3 Å². The fraction of sp³-hybridized carbons (Fsp3) is 0.652. The van der Waals surface area contributed by atoms with Gasteiger partial charge in [0.1, 0.15) is 0 Å². The van der Waals surface area contributed by atoms with Crippen LogP contribution in [0.2, 0.25) is 0 Å². The van der Waals surface area contributed by atoms with Gasteiger partial charge in [0, 0.05) is 25.2 Å². The summed E-state index contributed by atoms with van der Waals surface area (Å²) in [5.41, 5.74) is 1.75. The van der Waals surface area contributed by atoms with Gasteiger partial charge in [-0.1, -0.05) is 50.3 Å². The Hall–Kier alpha value is -1.88. The number of nitrogens with one attached hydrogen (secondary N) is 2. The molecule has 1 aliphatic carbocycles. The molecule has 5 nitrogen and oxygen atoms in total. The first-order valence-corrected chi connectivity index (χ1v) is 11.0. The minimum absolute atomic E-state index is 0.0585. The molecule has 152 valence electrons. The summed E-state index contributed by atoms with van der Waals surface area (Å²) in [6, 6.07) is 8.01. The van der Waals surface area contributed by atoms with E-state index in [4.69, 9.17) is 0 Å². The maximum Gasteiger partial charge on any atom is 0.230 e. The monoisotopic (exact) mass is 383 g/mol. The molecule has 0 bridgehead atoms. The maximum absolute atomic E-state index is 13.6. The average Bonchev–Trinajstić information content (AvgIpc) is 3.25. The Labute approximate surface area is 168 Å². The molecular formula is C23H33N3O2. The number of likely N-dealkylation sites (N-methyl/N-ethyl adjacent to an activating group) is 1. The fourth-order valence-corrected chi connectivity index (χ4v) is 5.48. The van der Waals surface area contributed by atoms with Crippen molar-refractivity contribution in [1.82, 2.24) is 10.2 Å². The SMILES string of the molecule is CN(C(=O)[C@H]1CC(=O)Nc2ccccc21)C(CC1CCCCC1)[C@H]1CCNC1. The third-order valence-corrected chi connectivity index (χ3v) is 7.09. The van der Waals surface area contributed by atoms with E-state index in [0.717, 1.165) is 43.1 Å². The average molecular weight is 384 g/mol. The minimum atomic E-state index is -0.363. The van der Waals surface area contributed by atoms with Gasteiger partial charge < -0.3 is 15.5 Å². The summed E-state index contributed by atoms with van der Waals surface area (Å²) in [7, 11) is 1.98. The van der Waals surface area contributed by atoms with Gasteiger partial charge in [-0.3, -0.25) is 9.59 Å². The van der Waals surface area contributed by atoms with Crippen LogP contribution in [-0.2, 0) is 9.59 Å². The molecule has 0 aromatic heterocycles. The topological polar surface area (TPSA) is 61.4 Å². The van der Waals surface area contributed by atoms with E-state index in [0.29, 0.717) is 5.92 Å². The van der Waals surface area contributed by atoms with Crippen LogP contribution in [0.3, 0.4) is 0 Å².